The van der Waals surface area contributed by atoms with Crippen molar-refractivity contribution in [3.8, 4) is 0 Å². The van der Waals surface area contributed by atoms with Crippen LogP contribution < -0.4 is 12.4 Å². The Morgan fingerprint density at radius 3 is 2.18 bits per heavy atom. The highest BCUT2D eigenvalue weighted by atomic mass is 35.5. The summed E-state index contributed by atoms with van der Waals surface area (Å²) in [4.78, 5) is 0. The van der Waals surface area contributed by atoms with E-state index < -0.39 is 0 Å². The van der Waals surface area contributed by atoms with Crippen molar-refractivity contribution < 1.29 is 26.4 Å². The molecule has 0 amide bonds. The lowest BCUT2D eigenvalue weighted by molar-refractivity contribution is -0.938. The number of allylic oxidation sites excluding steroid dienone is 2. The molecular formula is C29H48ClNO2. The van der Waals surface area contributed by atoms with Gasteiger partial charge in [0, 0.05) is 5.56 Å². The molecule has 0 heterocycles. The van der Waals surface area contributed by atoms with Crippen LogP contribution in [-0.2, 0) is 16.0 Å². The summed E-state index contributed by atoms with van der Waals surface area (Å²) in [5.41, 5.74) is 2.69. The van der Waals surface area contributed by atoms with Gasteiger partial charge < -0.3 is 26.4 Å². The third kappa shape index (κ3) is 10.3. The molecule has 33 heavy (non-hydrogen) atoms. The van der Waals surface area contributed by atoms with Crippen molar-refractivity contribution in [3.63, 3.8) is 0 Å². The largest absolute Gasteiger partial charge is 1.00 e. The molecule has 0 radical (unpaired) electrons. The Morgan fingerprint density at radius 1 is 0.939 bits per heavy atom. The number of hydrogen-bond donors (Lipinski definition) is 0. The molecule has 1 aromatic rings. The van der Waals surface area contributed by atoms with Crippen LogP contribution >= 0.6 is 0 Å². The molecular weight excluding hydrogens is 430 g/mol. The van der Waals surface area contributed by atoms with Crippen molar-refractivity contribution in [1.82, 2.24) is 0 Å². The lowest BCUT2D eigenvalue weighted by atomic mass is 9.83. The van der Waals surface area contributed by atoms with E-state index in [0.717, 1.165) is 56.5 Å². The van der Waals surface area contributed by atoms with Gasteiger partial charge in [-0.05, 0) is 44.9 Å². The Morgan fingerprint density at radius 2 is 1.64 bits per heavy atom. The monoisotopic (exact) mass is 477 g/mol. The molecule has 0 saturated heterocycles. The Balaban J connectivity index is 0.00000544. The molecule has 0 bridgehead atoms. The fourth-order valence-electron chi connectivity index (χ4n) is 4.81. The lowest BCUT2D eigenvalue weighted by Crippen LogP contribution is -3.00. The van der Waals surface area contributed by atoms with Gasteiger partial charge in [-0.3, -0.25) is 0 Å². The molecule has 3 nitrogen and oxygen atoms in total. The molecule has 1 aliphatic carbocycles. The summed E-state index contributed by atoms with van der Waals surface area (Å²) in [5.74, 6) is 1.29. The molecule has 0 saturated carbocycles. The van der Waals surface area contributed by atoms with Gasteiger partial charge in [-0.25, -0.2) is 0 Å². The Bertz CT molecular complexity index is 710. The number of rotatable bonds is 15. The molecule has 1 atom stereocenters. The van der Waals surface area contributed by atoms with Crippen molar-refractivity contribution in [2.45, 2.75) is 73.0 Å². The van der Waals surface area contributed by atoms with Crippen LogP contribution in [0.1, 0.15) is 66.4 Å². The topological polar surface area (TPSA) is 18.5 Å². The fraction of sp³-hybridized carbons (Fsp3) is 0.655. The van der Waals surface area contributed by atoms with Crippen molar-refractivity contribution >= 4 is 0 Å². The number of hydrogen-bond acceptors (Lipinski definition) is 2. The summed E-state index contributed by atoms with van der Waals surface area (Å²) in [6.45, 7) is 20.2. The lowest BCUT2D eigenvalue weighted by Gasteiger charge is -2.37. The van der Waals surface area contributed by atoms with Gasteiger partial charge in [-0.2, -0.15) is 0 Å². The van der Waals surface area contributed by atoms with Crippen LogP contribution in [0.25, 0.3) is 0 Å². The van der Waals surface area contributed by atoms with E-state index in [0.29, 0.717) is 25.0 Å². The van der Waals surface area contributed by atoms with E-state index in [4.69, 9.17) is 9.47 Å². The van der Waals surface area contributed by atoms with Crippen LogP contribution in [0.15, 0.2) is 54.1 Å². The number of nitrogens with zero attached hydrogens (tertiary/aromatic N) is 1. The maximum Gasteiger partial charge on any atom is 0.104 e. The van der Waals surface area contributed by atoms with Crippen LogP contribution in [0.3, 0.4) is 0 Å². The molecule has 1 unspecified atom stereocenters. The summed E-state index contributed by atoms with van der Waals surface area (Å²) < 4.78 is 13.6. The van der Waals surface area contributed by atoms with Crippen molar-refractivity contribution in [2.24, 2.45) is 11.8 Å². The predicted molar refractivity (Wildman–Crippen MR) is 137 cm³/mol. The van der Waals surface area contributed by atoms with E-state index in [2.05, 4.69) is 90.1 Å². The molecule has 0 spiro atoms. The van der Waals surface area contributed by atoms with Gasteiger partial charge in [0.25, 0.3) is 0 Å². The summed E-state index contributed by atoms with van der Waals surface area (Å²) in [6, 6.07) is 10.8. The van der Waals surface area contributed by atoms with Gasteiger partial charge in [-0.15, -0.1) is 0 Å². The molecule has 0 fully saturated rings. The number of quaternary nitrogens is 1. The Kier molecular flexibility index (Phi) is 13.6. The van der Waals surface area contributed by atoms with Crippen LogP contribution in [-0.4, -0.2) is 49.5 Å². The van der Waals surface area contributed by atoms with Crippen LogP contribution in [0.2, 0.25) is 0 Å². The third-order valence-electron chi connectivity index (χ3n) is 6.74. The zero-order valence-corrected chi connectivity index (χ0v) is 22.7. The van der Waals surface area contributed by atoms with Crippen LogP contribution in [0, 0.1) is 11.8 Å². The van der Waals surface area contributed by atoms with Crippen LogP contribution in [0.4, 0.5) is 0 Å². The van der Waals surface area contributed by atoms with Gasteiger partial charge in [0.1, 0.15) is 13.1 Å². The molecule has 0 N–H and O–H groups in total. The standard InChI is InChI=1S/C29H48NO2.ClH/c1-7-30(8-2,24-28-12-10-9-11-13-28)18-19-31-20-21-32-29(23-26(5)6)16-14-27(15-17-29)22-25(3)4;/h9-16,25-26H,7-8,17-24H2,1-6H3;1H/q+1;/p-1. The van der Waals surface area contributed by atoms with E-state index in [9.17, 15) is 0 Å². The average Bonchev–Trinajstić information content (AvgIpc) is 2.77. The zero-order valence-electron chi connectivity index (χ0n) is 22.0. The zero-order chi connectivity index (χ0) is 23.5. The smallest absolute Gasteiger partial charge is 0.104 e. The molecule has 2 rings (SSSR count). The van der Waals surface area contributed by atoms with Crippen molar-refractivity contribution in [2.75, 3.05) is 39.5 Å². The first-order valence-corrected chi connectivity index (χ1v) is 12.8. The first kappa shape index (κ1) is 29.9. The second-order valence-electron chi connectivity index (χ2n) is 10.4. The van der Waals surface area contributed by atoms with E-state index in [1.165, 1.54) is 11.1 Å². The van der Waals surface area contributed by atoms with Crippen LogP contribution in [0.5, 0.6) is 0 Å². The quantitative estimate of drug-likeness (QED) is 0.282. The van der Waals surface area contributed by atoms with Gasteiger partial charge in [0.05, 0.1) is 38.5 Å². The number of benzene rings is 1. The first-order valence-electron chi connectivity index (χ1n) is 12.8. The highest BCUT2D eigenvalue weighted by molar-refractivity contribution is 5.28. The van der Waals surface area contributed by atoms with Crippen molar-refractivity contribution in [3.05, 3.63) is 59.7 Å². The normalized spacial score (nSPS) is 18.5. The molecule has 0 aromatic heterocycles. The predicted octanol–water partition coefficient (Wildman–Crippen LogP) is 3.80. The summed E-state index contributed by atoms with van der Waals surface area (Å²) in [6.07, 6.45) is 10.2. The van der Waals surface area contributed by atoms with E-state index >= 15 is 0 Å². The second kappa shape index (κ2) is 15.0. The second-order valence-corrected chi connectivity index (χ2v) is 10.4. The Labute approximate surface area is 210 Å². The van der Waals surface area contributed by atoms with Gasteiger partial charge in [0.2, 0.25) is 0 Å². The first-order chi connectivity index (χ1) is 15.3. The minimum Gasteiger partial charge on any atom is -1.00 e. The average molecular weight is 478 g/mol. The SMILES string of the molecule is CC[N+](CC)(CCOCCOC1(CC(C)C)C=CC(CC(C)C)=CC1)Cc1ccccc1.[Cl-]. The highest BCUT2D eigenvalue weighted by Crippen LogP contribution is 2.33. The van der Waals surface area contributed by atoms with Crippen molar-refractivity contribution in [1.29, 1.82) is 0 Å². The van der Waals surface area contributed by atoms with E-state index in [1.807, 2.05) is 0 Å². The maximum absolute atomic E-state index is 6.45. The van der Waals surface area contributed by atoms with Gasteiger partial charge in [-0.1, -0.05) is 81.8 Å². The summed E-state index contributed by atoms with van der Waals surface area (Å²) in [7, 11) is 0. The number of halogens is 1. The minimum absolute atomic E-state index is 0. The molecule has 1 aliphatic rings. The van der Waals surface area contributed by atoms with E-state index in [-0.39, 0.29) is 18.0 Å². The maximum atomic E-state index is 6.45. The van der Waals surface area contributed by atoms with E-state index in [1.54, 1.807) is 0 Å². The van der Waals surface area contributed by atoms with Gasteiger partial charge in [0.15, 0.2) is 0 Å². The minimum atomic E-state index is -0.169. The number of likely N-dealkylation sites (N-methyl/N-ethyl adjacent to an activating group) is 1. The van der Waals surface area contributed by atoms with Gasteiger partial charge >= 0.3 is 0 Å². The molecule has 0 aliphatic heterocycles. The Hall–Kier alpha value is -1.13. The summed E-state index contributed by atoms with van der Waals surface area (Å²) >= 11 is 0. The third-order valence-corrected chi connectivity index (χ3v) is 6.74. The summed E-state index contributed by atoms with van der Waals surface area (Å²) in [5, 5.41) is 0. The number of ether oxygens (including phenoxy) is 2. The molecule has 1 aromatic carbocycles. The molecule has 4 heteroatoms. The fourth-order valence-corrected chi connectivity index (χ4v) is 4.81. The molecule has 188 valence electrons. The highest BCUT2D eigenvalue weighted by Gasteiger charge is 2.30.